The SMILES string of the molecule is CCN(Cc1cccs1)C(=O)c1ccccc1CCN. The van der Waals surface area contributed by atoms with E-state index >= 15 is 0 Å². The van der Waals surface area contributed by atoms with Crippen LogP contribution in [-0.2, 0) is 13.0 Å². The van der Waals surface area contributed by atoms with Gasteiger partial charge in [-0.05, 0) is 43.0 Å². The van der Waals surface area contributed by atoms with E-state index in [9.17, 15) is 4.79 Å². The molecule has 0 saturated heterocycles. The van der Waals surface area contributed by atoms with Crippen LogP contribution in [0.15, 0.2) is 41.8 Å². The maximum Gasteiger partial charge on any atom is 0.254 e. The van der Waals surface area contributed by atoms with E-state index < -0.39 is 0 Å². The van der Waals surface area contributed by atoms with Crippen LogP contribution in [0.1, 0.15) is 27.7 Å². The van der Waals surface area contributed by atoms with Gasteiger partial charge < -0.3 is 10.6 Å². The van der Waals surface area contributed by atoms with Crippen molar-refractivity contribution in [1.82, 2.24) is 4.90 Å². The van der Waals surface area contributed by atoms with Crippen LogP contribution in [0.25, 0.3) is 0 Å². The summed E-state index contributed by atoms with van der Waals surface area (Å²) in [5, 5.41) is 2.04. The Bertz CT molecular complexity index is 551. The van der Waals surface area contributed by atoms with Crippen LogP contribution in [0.5, 0.6) is 0 Å². The fraction of sp³-hybridized carbons (Fsp3) is 0.312. The number of carbonyl (C=O) groups excluding carboxylic acids is 1. The minimum absolute atomic E-state index is 0.0879. The highest BCUT2D eigenvalue weighted by atomic mass is 32.1. The van der Waals surface area contributed by atoms with Crippen molar-refractivity contribution in [3.05, 3.63) is 57.8 Å². The molecule has 1 amide bonds. The first-order valence-corrected chi connectivity index (χ1v) is 7.73. The molecule has 1 heterocycles. The van der Waals surface area contributed by atoms with Crippen LogP contribution in [0.3, 0.4) is 0 Å². The van der Waals surface area contributed by atoms with Crippen molar-refractivity contribution in [2.75, 3.05) is 13.1 Å². The summed E-state index contributed by atoms with van der Waals surface area (Å²) in [5.41, 5.74) is 7.43. The predicted octanol–water partition coefficient (Wildman–Crippen LogP) is 2.91. The lowest BCUT2D eigenvalue weighted by atomic mass is 10.0. The van der Waals surface area contributed by atoms with Crippen LogP contribution < -0.4 is 5.73 Å². The molecule has 20 heavy (non-hydrogen) atoms. The minimum Gasteiger partial charge on any atom is -0.334 e. The van der Waals surface area contributed by atoms with Gasteiger partial charge in [0.25, 0.3) is 5.91 Å². The van der Waals surface area contributed by atoms with Crippen LogP contribution in [0.2, 0.25) is 0 Å². The lowest BCUT2D eigenvalue weighted by molar-refractivity contribution is 0.0753. The summed E-state index contributed by atoms with van der Waals surface area (Å²) in [5.74, 6) is 0.0879. The van der Waals surface area contributed by atoms with Crippen LogP contribution in [0, 0.1) is 0 Å². The van der Waals surface area contributed by atoms with Gasteiger partial charge in [-0.1, -0.05) is 24.3 Å². The number of carbonyl (C=O) groups is 1. The van der Waals surface area contributed by atoms with Gasteiger partial charge in [-0.25, -0.2) is 0 Å². The number of hydrogen-bond donors (Lipinski definition) is 1. The van der Waals surface area contributed by atoms with Crippen molar-refractivity contribution in [2.45, 2.75) is 19.9 Å². The third-order valence-electron chi connectivity index (χ3n) is 3.26. The third kappa shape index (κ3) is 3.46. The Balaban J connectivity index is 2.20. The standard InChI is InChI=1S/C16H20N2OS/c1-2-18(12-14-7-5-11-20-14)16(19)15-8-4-3-6-13(15)9-10-17/h3-8,11H,2,9-10,12,17H2,1H3. The summed E-state index contributed by atoms with van der Waals surface area (Å²) >= 11 is 1.68. The largest absolute Gasteiger partial charge is 0.334 e. The van der Waals surface area contributed by atoms with Crippen molar-refractivity contribution in [2.24, 2.45) is 5.73 Å². The number of amides is 1. The van der Waals surface area contributed by atoms with E-state index in [-0.39, 0.29) is 5.91 Å². The molecule has 1 aromatic carbocycles. The van der Waals surface area contributed by atoms with Gasteiger partial charge in [0.15, 0.2) is 0 Å². The molecular weight excluding hydrogens is 268 g/mol. The van der Waals surface area contributed by atoms with Gasteiger partial charge in [0.05, 0.1) is 6.54 Å². The van der Waals surface area contributed by atoms with Crippen molar-refractivity contribution in [3.63, 3.8) is 0 Å². The van der Waals surface area contributed by atoms with E-state index in [1.807, 2.05) is 47.5 Å². The summed E-state index contributed by atoms with van der Waals surface area (Å²) in [6, 6.07) is 11.8. The molecule has 0 bridgehead atoms. The fourth-order valence-corrected chi connectivity index (χ4v) is 2.91. The van der Waals surface area contributed by atoms with Crippen molar-refractivity contribution >= 4 is 17.2 Å². The fourth-order valence-electron chi connectivity index (χ4n) is 2.19. The first-order chi connectivity index (χ1) is 9.76. The molecule has 0 unspecified atom stereocenters. The van der Waals surface area contributed by atoms with Gasteiger partial charge >= 0.3 is 0 Å². The van der Waals surface area contributed by atoms with Crippen LogP contribution in [0.4, 0.5) is 0 Å². The van der Waals surface area contributed by atoms with Gasteiger partial charge in [-0.3, -0.25) is 4.79 Å². The Morgan fingerprint density at radius 2 is 2.05 bits per heavy atom. The summed E-state index contributed by atoms with van der Waals surface area (Å²) in [6.07, 6.45) is 0.735. The molecule has 2 aromatic rings. The lowest BCUT2D eigenvalue weighted by Gasteiger charge is -2.21. The van der Waals surface area contributed by atoms with E-state index in [0.29, 0.717) is 19.6 Å². The summed E-state index contributed by atoms with van der Waals surface area (Å²) in [7, 11) is 0. The topological polar surface area (TPSA) is 46.3 Å². The zero-order valence-corrected chi connectivity index (χ0v) is 12.5. The van der Waals surface area contributed by atoms with E-state index in [1.54, 1.807) is 11.3 Å². The zero-order valence-electron chi connectivity index (χ0n) is 11.7. The highest BCUT2D eigenvalue weighted by Gasteiger charge is 2.17. The van der Waals surface area contributed by atoms with E-state index in [0.717, 1.165) is 17.5 Å². The molecular formula is C16H20N2OS. The van der Waals surface area contributed by atoms with E-state index in [1.165, 1.54) is 4.88 Å². The smallest absolute Gasteiger partial charge is 0.254 e. The summed E-state index contributed by atoms with van der Waals surface area (Å²) < 4.78 is 0. The monoisotopic (exact) mass is 288 g/mol. The Morgan fingerprint density at radius 3 is 2.70 bits per heavy atom. The highest BCUT2D eigenvalue weighted by Crippen LogP contribution is 2.17. The highest BCUT2D eigenvalue weighted by molar-refractivity contribution is 7.09. The van der Waals surface area contributed by atoms with E-state index in [2.05, 4.69) is 6.07 Å². The zero-order chi connectivity index (χ0) is 14.4. The quantitative estimate of drug-likeness (QED) is 0.888. The average Bonchev–Trinajstić information content (AvgIpc) is 2.98. The molecule has 0 radical (unpaired) electrons. The molecule has 4 heteroatoms. The maximum atomic E-state index is 12.7. The second kappa shape index (κ2) is 7.22. The van der Waals surface area contributed by atoms with Gasteiger partial charge in [-0.15, -0.1) is 11.3 Å². The normalized spacial score (nSPS) is 10.5. The van der Waals surface area contributed by atoms with Crippen LogP contribution in [-0.4, -0.2) is 23.9 Å². The number of rotatable bonds is 6. The number of thiophene rings is 1. The number of hydrogen-bond acceptors (Lipinski definition) is 3. The maximum absolute atomic E-state index is 12.7. The molecule has 2 N–H and O–H groups in total. The van der Waals surface area contributed by atoms with Gasteiger partial charge in [0.2, 0.25) is 0 Å². The molecule has 3 nitrogen and oxygen atoms in total. The summed E-state index contributed by atoms with van der Waals surface area (Å²) in [6.45, 7) is 3.94. The Labute approximate surface area is 124 Å². The molecule has 0 aliphatic heterocycles. The van der Waals surface area contributed by atoms with Crippen molar-refractivity contribution in [1.29, 1.82) is 0 Å². The Hall–Kier alpha value is -1.65. The molecule has 0 spiro atoms. The second-order valence-corrected chi connectivity index (χ2v) is 5.63. The number of nitrogens with zero attached hydrogens (tertiary/aromatic N) is 1. The Kier molecular flexibility index (Phi) is 5.32. The number of nitrogens with two attached hydrogens (primary N) is 1. The van der Waals surface area contributed by atoms with Crippen molar-refractivity contribution < 1.29 is 4.79 Å². The molecule has 2 rings (SSSR count). The first kappa shape index (κ1) is 14.8. The molecule has 0 atom stereocenters. The first-order valence-electron chi connectivity index (χ1n) is 6.86. The molecule has 1 aromatic heterocycles. The van der Waals surface area contributed by atoms with Gasteiger partial charge in [0, 0.05) is 17.0 Å². The average molecular weight is 288 g/mol. The van der Waals surface area contributed by atoms with Crippen molar-refractivity contribution in [3.8, 4) is 0 Å². The molecule has 106 valence electrons. The molecule has 0 saturated carbocycles. The molecule has 0 fully saturated rings. The lowest BCUT2D eigenvalue weighted by Crippen LogP contribution is -2.31. The molecule has 0 aliphatic rings. The molecule has 0 aliphatic carbocycles. The van der Waals surface area contributed by atoms with Gasteiger partial charge in [-0.2, -0.15) is 0 Å². The third-order valence-corrected chi connectivity index (χ3v) is 4.12. The minimum atomic E-state index is 0.0879. The van der Waals surface area contributed by atoms with E-state index in [4.69, 9.17) is 5.73 Å². The van der Waals surface area contributed by atoms with Gasteiger partial charge in [0.1, 0.15) is 0 Å². The predicted molar refractivity (Wildman–Crippen MR) is 83.9 cm³/mol. The number of benzene rings is 1. The van der Waals surface area contributed by atoms with Crippen LogP contribution >= 0.6 is 11.3 Å². The summed E-state index contributed by atoms with van der Waals surface area (Å²) in [4.78, 5) is 15.8. The second-order valence-electron chi connectivity index (χ2n) is 4.59. The Morgan fingerprint density at radius 1 is 1.25 bits per heavy atom.